The van der Waals surface area contributed by atoms with E-state index in [0.717, 1.165) is 31.8 Å². The van der Waals surface area contributed by atoms with Crippen LogP contribution in [0.1, 0.15) is 11.7 Å². The maximum atomic E-state index is 13.7. The highest BCUT2D eigenvalue weighted by Crippen LogP contribution is 2.21. The summed E-state index contributed by atoms with van der Waals surface area (Å²) in [5.74, 6) is -1.51. The molecular weight excluding hydrogens is 306 g/mol. The molecule has 0 bridgehead atoms. The summed E-state index contributed by atoms with van der Waals surface area (Å²) in [5.41, 5.74) is -0.318. The van der Waals surface area contributed by atoms with E-state index in [9.17, 15) is 13.9 Å². The first-order valence-electron chi connectivity index (χ1n) is 7.87. The van der Waals surface area contributed by atoms with Crippen molar-refractivity contribution in [2.45, 2.75) is 6.10 Å². The molecular formula is C16H24F2N2O3. The molecule has 1 aromatic rings. The van der Waals surface area contributed by atoms with Gasteiger partial charge in [-0.15, -0.1) is 0 Å². The van der Waals surface area contributed by atoms with Gasteiger partial charge in [-0.05, 0) is 12.1 Å². The largest absolute Gasteiger partial charge is 0.395 e. The van der Waals surface area contributed by atoms with Crippen LogP contribution in [0.5, 0.6) is 0 Å². The lowest BCUT2D eigenvalue weighted by atomic mass is 10.1. The number of nitrogens with zero attached hydrogens (tertiary/aromatic N) is 2. The third-order valence-electron chi connectivity index (χ3n) is 4.02. The van der Waals surface area contributed by atoms with Gasteiger partial charge in [-0.25, -0.2) is 8.78 Å². The molecule has 1 saturated heterocycles. The van der Waals surface area contributed by atoms with Crippen molar-refractivity contribution in [2.24, 2.45) is 0 Å². The van der Waals surface area contributed by atoms with Gasteiger partial charge >= 0.3 is 0 Å². The molecule has 0 aliphatic carbocycles. The fourth-order valence-electron chi connectivity index (χ4n) is 2.71. The number of halogens is 2. The Kier molecular flexibility index (Phi) is 7.32. The van der Waals surface area contributed by atoms with E-state index in [-0.39, 0.29) is 18.7 Å². The number of ether oxygens (including phenoxy) is 1. The smallest absolute Gasteiger partial charge is 0.131 e. The maximum Gasteiger partial charge on any atom is 0.131 e. The van der Waals surface area contributed by atoms with Crippen molar-refractivity contribution < 1.29 is 23.7 Å². The van der Waals surface area contributed by atoms with E-state index in [2.05, 4.69) is 4.90 Å². The van der Waals surface area contributed by atoms with Crippen molar-refractivity contribution in [2.75, 3.05) is 59.1 Å². The number of hydrogen-bond acceptors (Lipinski definition) is 5. The zero-order valence-corrected chi connectivity index (χ0v) is 13.1. The average molecular weight is 330 g/mol. The number of aliphatic hydroxyl groups excluding tert-OH is 2. The molecule has 2 rings (SSSR count). The molecule has 2 N–H and O–H groups in total. The molecule has 0 radical (unpaired) electrons. The second-order valence-electron chi connectivity index (χ2n) is 5.63. The van der Waals surface area contributed by atoms with Gasteiger partial charge in [-0.2, -0.15) is 0 Å². The van der Waals surface area contributed by atoms with Crippen LogP contribution in [0.2, 0.25) is 0 Å². The predicted molar refractivity (Wildman–Crippen MR) is 82.1 cm³/mol. The van der Waals surface area contributed by atoms with Gasteiger partial charge in [0.05, 0.1) is 31.5 Å². The summed E-state index contributed by atoms with van der Waals surface area (Å²) in [7, 11) is 0. The van der Waals surface area contributed by atoms with Crippen LogP contribution >= 0.6 is 0 Å². The van der Waals surface area contributed by atoms with E-state index >= 15 is 0 Å². The fraction of sp³-hybridized carbons (Fsp3) is 0.625. The Balaban J connectivity index is 1.92. The molecule has 0 saturated carbocycles. The Morgan fingerprint density at radius 1 is 1.17 bits per heavy atom. The summed E-state index contributed by atoms with van der Waals surface area (Å²) < 4.78 is 32.7. The van der Waals surface area contributed by atoms with Crippen molar-refractivity contribution in [3.8, 4) is 0 Å². The van der Waals surface area contributed by atoms with Crippen LogP contribution < -0.4 is 0 Å². The van der Waals surface area contributed by atoms with E-state index in [0.29, 0.717) is 26.3 Å². The summed E-state index contributed by atoms with van der Waals surface area (Å²) in [6.07, 6.45) is -1.27. The Bertz CT molecular complexity index is 464. The van der Waals surface area contributed by atoms with Crippen LogP contribution in [-0.2, 0) is 4.74 Å². The highest BCUT2D eigenvalue weighted by atomic mass is 19.1. The molecule has 1 unspecified atom stereocenters. The van der Waals surface area contributed by atoms with E-state index in [1.54, 1.807) is 0 Å². The summed E-state index contributed by atoms with van der Waals surface area (Å²) in [6.45, 7) is 4.79. The summed E-state index contributed by atoms with van der Waals surface area (Å²) in [5, 5.41) is 19.3. The van der Waals surface area contributed by atoms with Crippen LogP contribution in [0.15, 0.2) is 18.2 Å². The molecule has 0 spiro atoms. The van der Waals surface area contributed by atoms with Gasteiger partial charge in [0.25, 0.3) is 0 Å². The lowest BCUT2D eigenvalue weighted by Crippen LogP contribution is -2.43. The van der Waals surface area contributed by atoms with Crippen LogP contribution in [0.4, 0.5) is 8.78 Å². The number of hydrogen-bond donors (Lipinski definition) is 2. The molecule has 130 valence electrons. The number of rotatable bonds is 8. The molecule has 7 heteroatoms. The van der Waals surface area contributed by atoms with E-state index < -0.39 is 17.7 Å². The number of morpholine rings is 1. The highest BCUT2D eigenvalue weighted by Gasteiger charge is 2.21. The van der Waals surface area contributed by atoms with Gasteiger partial charge in [-0.3, -0.25) is 9.80 Å². The van der Waals surface area contributed by atoms with Gasteiger partial charge < -0.3 is 14.9 Å². The van der Waals surface area contributed by atoms with Crippen molar-refractivity contribution in [1.82, 2.24) is 9.80 Å². The van der Waals surface area contributed by atoms with Gasteiger partial charge in [-0.1, -0.05) is 6.07 Å². The Morgan fingerprint density at radius 3 is 2.43 bits per heavy atom. The number of aliphatic hydroxyl groups is 2. The standard InChI is InChI=1S/C16H24F2N2O3/c17-13-2-1-3-14(18)16(13)15(22)12-20(6-9-21)5-4-19-7-10-23-11-8-19/h1-3,15,21-22H,4-12H2. The Hall–Kier alpha value is -1.12. The molecule has 0 aromatic heterocycles. The van der Waals surface area contributed by atoms with Crippen LogP contribution in [0.3, 0.4) is 0 Å². The maximum absolute atomic E-state index is 13.7. The SMILES string of the molecule is OCCN(CCN1CCOCC1)CC(O)c1c(F)cccc1F. The average Bonchev–Trinajstić information content (AvgIpc) is 2.53. The number of benzene rings is 1. The topological polar surface area (TPSA) is 56.2 Å². The second kappa shape index (κ2) is 9.24. The molecule has 5 nitrogen and oxygen atoms in total. The normalized spacial score (nSPS) is 17.6. The van der Waals surface area contributed by atoms with Crippen molar-refractivity contribution >= 4 is 0 Å². The first kappa shape index (κ1) is 18.2. The second-order valence-corrected chi connectivity index (χ2v) is 5.63. The minimum absolute atomic E-state index is 0.0722. The summed E-state index contributed by atoms with van der Waals surface area (Å²) >= 11 is 0. The van der Waals surface area contributed by atoms with Crippen molar-refractivity contribution in [3.05, 3.63) is 35.4 Å². The minimum atomic E-state index is -1.27. The molecule has 1 atom stereocenters. The Labute approximate surface area is 135 Å². The lowest BCUT2D eigenvalue weighted by molar-refractivity contribution is 0.0279. The highest BCUT2D eigenvalue weighted by molar-refractivity contribution is 5.22. The molecule has 23 heavy (non-hydrogen) atoms. The first-order valence-corrected chi connectivity index (χ1v) is 7.87. The monoisotopic (exact) mass is 330 g/mol. The molecule has 1 aliphatic rings. The molecule has 1 aliphatic heterocycles. The van der Waals surface area contributed by atoms with Crippen LogP contribution in [0.25, 0.3) is 0 Å². The predicted octanol–water partition coefficient (Wildman–Crippen LogP) is 0.625. The van der Waals surface area contributed by atoms with Gasteiger partial charge in [0.2, 0.25) is 0 Å². The van der Waals surface area contributed by atoms with Crippen LogP contribution in [0, 0.1) is 11.6 Å². The van der Waals surface area contributed by atoms with E-state index in [4.69, 9.17) is 9.84 Å². The summed E-state index contributed by atoms with van der Waals surface area (Å²) in [6, 6.07) is 3.53. The molecule has 1 fully saturated rings. The lowest BCUT2D eigenvalue weighted by Gasteiger charge is -2.30. The zero-order chi connectivity index (χ0) is 16.7. The van der Waals surface area contributed by atoms with Crippen molar-refractivity contribution in [3.63, 3.8) is 0 Å². The Morgan fingerprint density at radius 2 is 1.83 bits per heavy atom. The molecule has 1 aromatic carbocycles. The van der Waals surface area contributed by atoms with E-state index in [1.807, 2.05) is 4.90 Å². The van der Waals surface area contributed by atoms with Gasteiger partial charge in [0, 0.05) is 39.3 Å². The van der Waals surface area contributed by atoms with Crippen molar-refractivity contribution in [1.29, 1.82) is 0 Å². The first-order chi connectivity index (χ1) is 11.1. The fourth-order valence-corrected chi connectivity index (χ4v) is 2.71. The van der Waals surface area contributed by atoms with E-state index in [1.165, 1.54) is 6.07 Å². The zero-order valence-electron chi connectivity index (χ0n) is 13.1. The third kappa shape index (κ3) is 5.47. The third-order valence-corrected chi connectivity index (χ3v) is 4.02. The minimum Gasteiger partial charge on any atom is -0.395 e. The van der Waals surface area contributed by atoms with Gasteiger partial charge in [0.15, 0.2) is 0 Å². The van der Waals surface area contributed by atoms with Crippen LogP contribution in [-0.4, -0.2) is 79.1 Å². The molecule has 1 heterocycles. The molecule has 0 amide bonds. The summed E-state index contributed by atoms with van der Waals surface area (Å²) in [4.78, 5) is 4.04. The van der Waals surface area contributed by atoms with Gasteiger partial charge in [0.1, 0.15) is 11.6 Å². The quantitative estimate of drug-likeness (QED) is 0.732.